The summed E-state index contributed by atoms with van der Waals surface area (Å²) in [5.74, 6) is 0. The molecule has 0 saturated heterocycles. The van der Waals surface area contributed by atoms with Gasteiger partial charge in [0.2, 0.25) is 0 Å². The predicted molar refractivity (Wildman–Crippen MR) is 91.1 cm³/mol. The van der Waals surface area contributed by atoms with Crippen molar-refractivity contribution in [2.75, 3.05) is 0 Å². The standard InChI is InChI=1S/C20H14N3.Ir/c1-2-9-18(10-3-1)23-14-12-20(22-23)17-8-6-7-16(15-17)19-11-4-5-13-21-19;/h1-7,9-15H;/q-1;. The molecule has 2 aromatic carbocycles. The molecule has 4 aromatic rings. The molecule has 0 unspecified atom stereocenters. The van der Waals surface area contributed by atoms with Gasteiger partial charge < -0.3 is 0 Å². The molecule has 0 spiro atoms. The molecular weight excluding hydrogens is 474 g/mol. The van der Waals surface area contributed by atoms with E-state index >= 15 is 0 Å². The van der Waals surface area contributed by atoms with Crippen LogP contribution in [-0.4, -0.2) is 14.8 Å². The molecule has 3 nitrogen and oxygen atoms in total. The van der Waals surface area contributed by atoms with Gasteiger partial charge in [0.1, 0.15) is 0 Å². The van der Waals surface area contributed by atoms with Gasteiger partial charge in [-0.3, -0.25) is 9.67 Å². The number of pyridine rings is 1. The Kier molecular flexibility index (Phi) is 4.99. The normalized spacial score (nSPS) is 10.2. The fourth-order valence-electron chi connectivity index (χ4n) is 2.50. The van der Waals surface area contributed by atoms with Gasteiger partial charge in [-0.05, 0) is 24.3 Å². The summed E-state index contributed by atoms with van der Waals surface area (Å²) in [6.45, 7) is 0. The molecule has 2 aromatic heterocycles. The van der Waals surface area contributed by atoms with Crippen molar-refractivity contribution >= 4 is 0 Å². The van der Waals surface area contributed by atoms with E-state index in [0.717, 1.165) is 28.2 Å². The largest absolute Gasteiger partial charge is 0.258 e. The number of benzene rings is 2. The number of nitrogens with zero attached hydrogens (tertiary/aromatic N) is 3. The van der Waals surface area contributed by atoms with Crippen LogP contribution in [0.1, 0.15) is 0 Å². The van der Waals surface area contributed by atoms with E-state index in [1.807, 2.05) is 77.6 Å². The molecular formula is C20H14IrN3-. The molecule has 0 aliphatic carbocycles. The van der Waals surface area contributed by atoms with Crippen LogP contribution in [0.2, 0.25) is 0 Å². The fraction of sp³-hybridized carbons (Fsp3) is 0. The van der Waals surface area contributed by atoms with Gasteiger partial charge in [-0.2, -0.15) is 0 Å². The summed E-state index contributed by atoms with van der Waals surface area (Å²) in [4.78, 5) is 4.40. The zero-order valence-corrected chi connectivity index (χ0v) is 15.2. The minimum Gasteiger partial charge on any atom is -0.258 e. The van der Waals surface area contributed by atoms with Crippen LogP contribution in [0, 0.1) is 6.07 Å². The molecule has 1 radical (unpaired) electrons. The van der Waals surface area contributed by atoms with Gasteiger partial charge in [-0.15, -0.1) is 29.8 Å². The van der Waals surface area contributed by atoms with Gasteiger partial charge in [-0.25, -0.2) is 5.10 Å². The van der Waals surface area contributed by atoms with Gasteiger partial charge in [0, 0.05) is 38.2 Å². The molecule has 0 fully saturated rings. The number of hydrogen-bond acceptors (Lipinski definition) is 2. The Morgan fingerprint density at radius 1 is 0.833 bits per heavy atom. The van der Waals surface area contributed by atoms with E-state index < -0.39 is 0 Å². The first-order chi connectivity index (χ1) is 11.4. The van der Waals surface area contributed by atoms with Crippen molar-refractivity contribution in [3.63, 3.8) is 0 Å². The smallest absolute Gasteiger partial charge is 0.0636 e. The average Bonchev–Trinajstić information content (AvgIpc) is 3.14. The van der Waals surface area contributed by atoms with Crippen LogP contribution in [-0.2, 0) is 20.1 Å². The Hall–Kier alpha value is -2.55. The van der Waals surface area contributed by atoms with Crippen LogP contribution in [0.15, 0.2) is 85.2 Å². The summed E-state index contributed by atoms with van der Waals surface area (Å²) in [6, 6.07) is 27.2. The summed E-state index contributed by atoms with van der Waals surface area (Å²) in [5.41, 5.74) is 4.91. The van der Waals surface area contributed by atoms with Gasteiger partial charge in [0.05, 0.1) is 11.4 Å². The zero-order valence-electron chi connectivity index (χ0n) is 12.8. The molecule has 0 aliphatic rings. The maximum Gasteiger partial charge on any atom is 0.0636 e. The third-order valence-corrected chi connectivity index (χ3v) is 3.65. The topological polar surface area (TPSA) is 30.7 Å². The Morgan fingerprint density at radius 2 is 1.67 bits per heavy atom. The van der Waals surface area contributed by atoms with Crippen molar-refractivity contribution < 1.29 is 20.1 Å². The van der Waals surface area contributed by atoms with Gasteiger partial charge in [-0.1, -0.05) is 35.9 Å². The first kappa shape index (κ1) is 16.3. The summed E-state index contributed by atoms with van der Waals surface area (Å²) >= 11 is 0. The summed E-state index contributed by atoms with van der Waals surface area (Å²) in [5, 5.41) is 4.65. The third-order valence-electron chi connectivity index (χ3n) is 3.65. The molecule has 24 heavy (non-hydrogen) atoms. The van der Waals surface area contributed by atoms with Crippen LogP contribution in [0.4, 0.5) is 0 Å². The zero-order chi connectivity index (χ0) is 15.5. The molecule has 0 N–H and O–H groups in total. The summed E-state index contributed by atoms with van der Waals surface area (Å²) in [7, 11) is 0. The molecule has 0 aliphatic heterocycles. The molecule has 4 heteroatoms. The maximum atomic E-state index is 4.65. The second-order valence-corrected chi connectivity index (χ2v) is 5.19. The van der Waals surface area contributed by atoms with E-state index in [0.29, 0.717) is 0 Å². The average molecular weight is 489 g/mol. The second-order valence-electron chi connectivity index (χ2n) is 5.19. The second kappa shape index (κ2) is 7.35. The van der Waals surface area contributed by atoms with Crippen LogP contribution >= 0.6 is 0 Å². The number of hydrogen-bond donors (Lipinski definition) is 0. The van der Waals surface area contributed by atoms with E-state index in [1.165, 1.54) is 0 Å². The van der Waals surface area contributed by atoms with E-state index in [9.17, 15) is 0 Å². The minimum absolute atomic E-state index is 0. The van der Waals surface area contributed by atoms with E-state index in [-0.39, 0.29) is 20.1 Å². The molecule has 0 saturated carbocycles. The van der Waals surface area contributed by atoms with E-state index in [2.05, 4.69) is 22.2 Å². The summed E-state index contributed by atoms with van der Waals surface area (Å²) < 4.78 is 1.87. The van der Waals surface area contributed by atoms with Gasteiger partial charge in [0.25, 0.3) is 0 Å². The van der Waals surface area contributed by atoms with Crippen molar-refractivity contribution in [1.82, 2.24) is 14.8 Å². The first-order valence-corrected chi connectivity index (χ1v) is 7.45. The SMILES string of the molecule is [Ir].[c-]1ccc(-c2ccccn2)cc1-c1ccn(-c2ccccc2)n1. The third kappa shape index (κ3) is 3.35. The summed E-state index contributed by atoms with van der Waals surface area (Å²) in [6.07, 6.45) is 3.77. The van der Waals surface area contributed by atoms with Crippen LogP contribution < -0.4 is 0 Å². The maximum absolute atomic E-state index is 4.65. The predicted octanol–water partition coefficient (Wildman–Crippen LogP) is 4.40. The van der Waals surface area contributed by atoms with Gasteiger partial charge in [0.15, 0.2) is 0 Å². The quantitative estimate of drug-likeness (QED) is 0.401. The number of para-hydroxylation sites is 1. The molecule has 119 valence electrons. The van der Waals surface area contributed by atoms with Crippen molar-refractivity contribution in [2.24, 2.45) is 0 Å². The van der Waals surface area contributed by atoms with Crippen molar-refractivity contribution in [3.05, 3.63) is 91.3 Å². The number of rotatable bonds is 3. The molecule has 2 heterocycles. The fourth-order valence-corrected chi connectivity index (χ4v) is 2.50. The van der Waals surface area contributed by atoms with Crippen LogP contribution in [0.5, 0.6) is 0 Å². The first-order valence-electron chi connectivity index (χ1n) is 7.45. The minimum atomic E-state index is 0. The van der Waals surface area contributed by atoms with Crippen molar-refractivity contribution in [3.8, 4) is 28.2 Å². The Balaban J connectivity index is 0.00000169. The monoisotopic (exact) mass is 489 g/mol. The van der Waals surface area contributed by atoms with Gasteiger partial charge >= 0.3 is 0 Å². The van der Waals surface area contributed by atoms with Crippen molar-refractivity contribution in [1.29, 1.82) is 0 Å². The molecule has 0 atom stereocenters. The van der Waals surface area contributed by atoms with Crippen LogP contribution in [0.25, 0.3) is 28.2 Å². The van der Waals surface area contributed by atoms with Crippen molar-refractivity contribution in [2.45, 2.75) is 0 Å². The Morgan fingerprint density at radius 3 is 2.46 bits per heavy atom. The molecule has 0 amide bonds. The van der Waals surface area contributed by atoms with E-state index in [4.69, 9.17) is 0 Å². The number of aromatic nitrogens is 3. The van der Waals surface area contributed by atoms with Crippen LogP contribution in [0.3, 0.4) is 0 Å². The molecule has 4 rings (SSSR count). The van der Waals surface area contributed by atoms with E-state index in [1.54, 1.807) is 6.20 Å². The Labute approximate surface area is 154 Å². The Bertz CT molecular complexity index is 918. The molecule has 0 bridgehead atoms.